The average Bonchev–Trinajstić information content (AvgIpc) is 1.92. The fourth-order valence-electron chi connectivity index (χ4n) is 0.583. The first kappa shape index (κ1) is 8.98. The van der Waals surface area contributed by atoms with Crippen molar-refractivity contribution >= 4 is 10.2 Å². The molecule has 1 aromatic heterocycles. The van der Waals surface area contributed by atoms with Gasteiger partial charge in [0.2, 0.25) is 5.95 Å². The summed E-state index contributed by atoms with van der Waals surface area (Å²) in [5.41, 5.74) is 0. The fraction of sp³-hybridized carbons (Fsp3) is 0. The van der Waals surface area contributed by atoms with Crippen molar-refractivity contribution in [3.05, 3.63) is 24.0 Å². The molecule has 0 aliphatic heterocycles. The normalized spacial score (nSPS) is 11.6. The summed E-state index contributed by atoms with van der Waals surface area (Å²) in [6.45, 7) is 0. The Kier molecular flexibility index (Phi) is 2.05. The summed E-state index contributed by atoms with van der Waals surface area (Å²) < 4.78 is 56.9. The van der Waals surface area contributed by atoms with Crippen molar-refractivity contribution in [2.24, 2.45) is 0 Å². The molecule has 7 heteroatoms. The highest BCUT2D eigenvalue weighted by Gasteiger charge is 2.18. The molecule has 0 atom stereocenters. The fourth-order valence-corrected chi connectivity index (χ4v) is 1.11. The Morgan fingerprint density at radius 1 is 1.33 bits per heavy atom. The number of rotatable bonds is 1. The van der Waals surface area contributed by atoms with Crippen LogP contribution in [0.25, 0.3) is 0 Å². The highest BCUT2D eigenvalue weighted by atomic mass is 32.3. The van der Waals surface area contributed by atoms with E-state index in [0.29, 0.717) is 6.20 Å². The van der Waals surface area contributed by atoms with Gasteiger partial charge >= 0.3 is 10.2 Å². The van der Waals surface area contributed by atoms with Crippen LogP contribution in [0.3, 0.4) is 0 Å². The minimum atomic E-state index is -5.21. The van der Waals surface area contributed by atoms with Gasteiger partial charge in [0.1, 0.15) is 4.90 Å². The number of halogens is 3. The first-order valence-corrected chi connectivity index (χ1v) is 4.05. The molecule has 0 N–H and O–H groups in total. The Morgan fingerprint density at radius 3 is 2.33 bits per heavy atom. The Morgan fingerprint density at radius 2 is 1.92 bits per heavy atom. The molecule has 0 radical (unpaired) electrons. The van der Waals surface area contributed by atoms with Gasteiger partial charge in [-0.1, -0.05) is 0 Å². The maximum absolute atomic E-state index is 12.4. The van der Waals surface area contributed by atoms with E-state index in [1.165, 1.54) is 0 Å². The monoisotopic (exact) mass is 197 g/mol. The smallest absolute Gasteiger partial charge is 0.225 e. The predicted octanol–water partition coefficient (Wildman–Crippen LogP) is 1.02. The molecular formula is C5H2F3NO2S. The molecule has 0 aromatic carbocycles. The molecule has 0 amide bonds. The van der Waals surface area contributed by atoms with Gasteiger partial charge in [-0.3, -0.25) is 0 Å². The molecule has 0 aliphatic carbocycles. The minimum Gasteiger partial charge on any atom is -0.225 e. The van der Waals surface area contributed by atoms with Gasteiger partial charge < -0.3 is 0 Å². The lowest BCUT2D eigenvalue weighted by Crippen LogP contribution is -1.98. The molecule has 12 heavy (non-hydrogen) atoms. The number of nitrogens with zero attached hydrogens (tertiary/aromatic N) is 1. The molecule has 0 spiro atoms. The van der Waals surface area contributed by atoms with Gasteiger partial charge in [-0.2, -0.15) is 12.8 Å². The third-order valence-electron chi connectivity index (χ3n) is 1.05. The number of pyridine rings is 1. The second kappa shape index (κ2) is 2.74. The van der Waals surface area contributed by atoms with Crippen LogP contribution in [0.15, 0.2) is 17.2 Å². The Bertz CT molecular complexity index is 403. The van der Waals surface area contributed by atoms with E-state index < -0.39 is 26.9 Å². The van der Waals surface area contributed by atoms with Crippen molar-refractivity contribution < 1.29 is 21.1 Å². The second-order valence-electron chi connectivity index (χ2n) is 1.88. The summed E-state index contributed by atoms with van der Waals surface area (Å²) in [5.74, 6) is -2.67. The van der Waals surface area contributed by atoms with Gasteiger partial charge in [-0.15, -0.1) is 3.89 Å². The van der Waals surface area contributed by atoms with Crippen LogP contribution in [0.1, 0.15) is 0 Å². The maximum atomic E-state index is 12.4. The quantitative estimate of drug-likeness (QED) is 0.498. The molecule has 66 valence electrons. The molecule has 0 unspecified atom stereocenters. The molecule has 0 saturated heterocycles. The summed E-state index contributed by atoms with van der Waals surface area (Å²) in [6, 6.07) is 0.171. The molecule has 1 heterocycles. The lowest BCUT2D eigenvalue weighted by Gasteiger charge is -1.95. The van der Waals surface area contributed by atoms with Crippen LogP contribution in [-0.2, 0) is 10.2 Å². The first-order valence-electron chi connectivity index (χ1n) is 2.67. The lowest BCUT2D eigenvalue weighted by molar-refractivity contribution is 0.513. The Labute approximate surface area is 66.1 Å². The minimum absolute atomic E-state index is 0.171. The molecule has 0 fully saturated rings. The average molecular weight is 197 g/mol. The summed E-state index contributed by atoms with van der Waals surface area (Å²) in [5, 5.41) is 0. The molecular weight excluding hydrogens is 195 g/mol. The van der Waals surface area contributed by atoms with Gasteiger partial charge in [0, 0.05) is 6.07 Å². The maximum Gasteiger partial charge on any atom is 0.335 e. The van der Waals surface area contributed by atoms with Crippen LogP contribution in [0.5, 0.6) is 0 Å². The van der Waals surface area contributed by atoms with Crippen molar-refractivity contribution in [1.82, 2.24) is 4.98 Å². The van der Waals surface area contributed by atoms with Crippen LogP contribution >= 0.6 is 0 Å². The lowest BCUT2D eigenvalue weighted by atomic mass is 10.5. The van der Waals surface area contributed by atoms with Crippen LogP contribution in [0.2, 0.25) is 0 Å². The summed E-state index contributed by atoms with van der Waals surface area (Å²) in [4.78, 5) is 1.44. The van der Waals surface area contributed by atoms with Crippen LogP contribution in [0.4, 0.5) is 12.7 Å². The van der Waals surface area contributed by atoms with E-state index in [-0.39, 0.29) is 6.07 Å². The molecule has 1 rings (SSSR count). The topological polar surface area (TPSA) is 47.0 Å². The van der Waals surface area contributed by atoms with Gasteiger partial charge in [-0.05, 0) is 0 Å². The third kappa shape index (κ3) is 1.73. The summed E-state index contributed by atoms with van der Waals surface area (Å²) in [6.07, 6.45) is 0.293. The van der Waals surface area contributed by atoms with E-state index in [2.05, 4.69) is 4.98 Å². The van der Waals surface area contributed by atoms with Crippen molar-refractivity contribution in [2.75, 3.05) is 0 Å². The van der Waals surface area contributed by atoms with Crippen LogP contribution in [-0.4, -0.2) is 13.4 Å². The van der Waals surface area contributed by atoms with E-state index >= 15 is 0 Å². The van der Waals surface area contributed by atoms with Gasteiger partial charge in [0.05, 0.1) is 6.20 Å². The van der Waals surface area contributed by atoms with Gasteiger partial charge in [0.25, 0.3) is 0 Å². The Hall–Kier alpha value is -1.11. The molecule has 3 nitrogen and oxygen atoms in total. The highest BCUT2D eigenvalue weighted by molar-refractivity contribution is 7.86. The zero-order valence-electron chi connectivity index (χ0n) is 5.46. The van der Waals surface area contributed by atoms with E-state index in [1.54, 1.807) is 0 Å². The molecule has 0 bridgehead atoms. The third-order valence-corrected chi connectivity index (χ3v) is 1.89. The van der Waals surface area contributed by atoms with Gasteiger partial charge in [-0.25, -0.2) is 9.37 Å². The predicted molar refractivity (Wildman–Crippen MR) is 32.4 cm³/mol. The van der Waals surface area contributed by atoms with Crippen LogP contribution in [0, 0.1) is 11.8 Å². The van der Waals surface area contributed by atoms with E-state index in [1.807, 2.05) is 0 Å². The highest BCUT2D eigenvalue weighted by Crippen LogP contribution is 2.15. The van der Waals surface area contributed by atoms with Crippen molar-refractivity contribution in [3.63, 3.8) is 0 Å². The standard InChI is InChI=1S/C5H2F3NO2S/c6-3-2-9-5(7)1-4(3)12(8,10)11/h1-2H. The van der Waals surface area contributed by atoms with E-state index in [4.69, 9.17) is 0 Å². The molecule has 0 aliphatic rings. The number of hydrogen-bond donors (Lipinski definition) is 0. The van der Waals surface area contributed by atoms with E-state index in [0.717, 1.165) is 0 Å². The van der Waals surface area contributed by atoms with Crippen LogP contribution < -0.4 is 0 Å². The first-order chi connectivity index (χ1) is 5.41. The zero-order chi connectivity index (χ0) is 9.35. The molecule has 0 saturated carbocycles. The van der Waals surface area contributed by atoms with E-state index in [9.17, 15) is 21.1 Å². The van der Waals surface area contributed by atoms with Crippen molar-refractivity contribution in [2.45, 2.75) is 4.90 Å². The van der Waals surface area contributed by atoms with Gasteiger partial charge in [0.15, 0.2) is 5.82 Å². The Balaban J connectivity index is 3.43. The van der Waals surface area contributed by atoms with Crippen molar-refractivity contribution in [3.8, 4) is 0 Å². The number of aromatic nitrogens is 1. The SMILES string of the molecule is O=S(=O)(F)c1cc(F)ncc1F. The summed E-state index contributed by atoms with van der Waals surface area (Å²) >= 11 is 0. The number of hydrogen-bond acceptors (Lipinski definition) is 3. The second-order valence-corrected chi connectivity index (χ2v) is 3.19. The summed E-state index contributed by atoms with van der Waals surface area (Å²) in [7, 11) is -5.21. The largest absolute Gasteiger partial charge is 0.335 e. The van der Waals surface area contributed by atoms with Crippen molar-refractivity contribution in [1.29, 1.82) is 0 Å². The zero-order valence-corrected chi connectivity index (χ0v) is 6.28. The molecule has 1 aromatic rings.